The van der Waals surface area contributed by atoms with Crippen LogP contribution in [0.2, 0.25) is 0 Å². The maximum Gasteiger partial charge on any atom is 0.255 e. The van der Waals surface area contributed by atoms with Gasteiger partial charge < -0.3 is 9.42 Å². The second-order valence-corrected chi connectivity index (χ2v) is 8.25. The third-order valence-electron chi connectivity index (χ3n) is 5.11. The molecule has 0 aliphatic carbocycles. The van der Waals surface area contributed by atoms with Crippen LogP contribution in [0.4, 0.5) is 0 Å². The van der Waals surface area contributed by atoms with Crippen LogP contribution in [0, 0.1) is 6.92 Å². The van der Waals surface area contributed by atoms with Gasteiger partial charge in [0.2, 0.25) is 5.89 Å². The monoisotopic (exact) mass is 393 g/mol. The number of nitrogens with zero attached hydrogens (tertiary/aromatic N) is 3. The highest BCUT2D eigenvalue weighted by atomic mass is 32.2. The highest BCUT2D eigenvalue weighted by Gasteiger charge is 2.40. The number of hydrogen-bond acceptors (Lipinski definition) is 5. The first kappa shape index (κ1) is 18.7. The lowest BCUT2D eigenvalue weighted by Gasteiger charge is -2.18. The van der Waals surface area contributed by atoms with Gasteiger partial charge in [0.15, 0.2) is 5.82 Å². The van der Waals surface area contributed by atoms with Gasteiger partial charge in [-0.3, -0.25) is 4.79 Å². The molecular formula is C22H23N3O2S. The molecular weight excluding hydrogens is 370 g/mol. The molecule has 0 bridgehead atoms. The van der Waals surface area contributed by atoms with Crippen molar-refractivity contribution in [2.75, 3.05) is 18.8 Å². The number of rotatable bonds is 5. The van der Waals surface area contributed by atoms with E-state index in [-0.39, 0.29) is 17.7 Å². The van der Waals surface area contributed by atoms with Gasteiger partial charge in [-0.1, -0.05) is 54.5 Å². The van der Waals surface area contributed by atoms with Crippen LogP contribution < -0.4 is 0 Å². The summed E-state index contributed by atoms with van der Waals surface area (Å²) in [6.07, 6.45) is 0. The van der Waals surface area contributed by atoms with Crippen molar-refractivity contribution >= 4 is 17.7 Å². The first-order valence-electron chi connectivity index (χ1n) is 9.53. The van der Waals surface area contributed by atoms with E-state index in [1.54, 1.807) is 11.8 Å². The fraction of sp³-hybridized carbons (Fsp3) is 0.318. The van der Waals surface area contributed by atoms with Gasteiger partial charge in [0.25, 0.3) is 5.91 Å². The van der Waals surface area contributed by atoms with Crippen molar-refractivity contribution in [2.45, 2.75) is 30.6 Å². The van der Waals surface area contributed by atoms with Crippen molar-refractivity contribution in [1.82, 2.24) is 15.0 Å². The Hall–Kier alpha value is -2.60. The van der Waals surface area contributed by atoms with Crippen LogP contribution in [0.1, 0.15) is 46.4 Å². The van der Waals surface area contributed by atoms with Crippen LogP contribution in [-0.4, -0.2) is 39.8 Å². The predicted molar refractivity (Wildman–Crippen MR) is 110 cm³/mol. The number of amides is 1. The third-order valence-corrected chi connectivity index (χ3v) is 6.07. The second-order valence-electron chi connectivity index (χ2n) is 6.94. The molecule has 2 heterocycles. The zero-order chi connectivity index (χ0) is 19.5. The van der Waals surface area contributed by atoms with Gasteiger partial charge in [-0.2, -0.15) is 4.98 Å². The highest BCUT2D eigenvalue weighted by Crippen LogP contribution is 2.40. The molecule has 5 nitrogen and oxygen atoms in total. The van der Waals surface area contributed by atoms with Crippen LogP contribution >= 0.6 is 11.8 Å². The van der Waals surface area contributed by atoms with Crippen molar-refractivity contribution in [1.29, 1.82) is 0 Å². The van der Waals surface area contributed by atoms with E-state index in [0.717, 1.165) is 16.2 Å². The molecule has 2 atom stereocenters. The number of benzene rings is 2. The number of likely N-dealkylation sites (tertiary alicyclic amines) is 1. The number of hydrogen-bond donors (Lipinski definition) is 0. The summed E-state index contributed by atoms with van der Waals surface area (Å²) in [5.41, 5.74) is 1.96. The molecule has 1 amide bonds. The summed E-state index contributed by atoms with van der Waals surface area (Å²) >= 11 is 1.70. The molecule has 6 heteroatoms. The van der Waals surface area contributed by atoms with Crippen LogP contribution in [0.25, 0.3) is 0 Å². The minimum atomic E-state index is -0.00135. The van der Waals surface area contributed by atoms with E-state index in [9.17, 15) is 4.79 Å². The Kier molecular flexibility index (Phi) is 5.48. The van der Waals surface area contributed by atoms with Gasteiger partial charge in [0.05, 0.1) is 11.5 Å². The van der Waals surface area contributed by atoms with E-state index >= 15 is 0 Å². The lowest BCUT2D eigenvalue weighted by molar-refractivity contribution is 0.0784. The van der Waals surface area contributed by atoms with Crippen LogP contribution in [0.3, 0.4) is 0 Å². The van der Waals surface area contributed by atoms with Crippen LogP contribution in [0.5, 0.6) is 0 Å². The Morgan fingerprint density at radius 3 is 2.54 bits per heavy atom. The maximum absolute atomic E-state index is 13.3. The Bertz CT molecular complexity index is 957. The fourth-order valence-corrected chi connectivity index (χ4v) is 4.61. The molecule has 1 aliphatic rings. The number of carbonyl (C=O) groups excluding carboxylic acids is 1. The van der Waals surface area contributed by atoms with Crippen LogP contribution in [-0.2, 0) is 0 Å². The number of aryl methyl sites for hydroxylation is 1. The zero-order valence-corrected chi connectivity index (χ0v) is 16.9. The van der Waals surface area contributed by atoms with Gasteiger partial charge in [-0.25, -0.2) is 0 Å². The quantitative estimate of drug-likeness (QED) is 0.597. The van der Waals surface area contributed by atoms with Crippen molar-refractivity contribution < 1.29 is 9.32 Å². The third kappa shape index (κ3) is 3.69. The molecule has 1 aromatic heterocycles. The smallest absolute Gasteiger partial charge is 0.255 e. The number of carbonyl (C=O) groups is 1. The van der Waals surface area contributed by atoms with Gasteiger partial charge in [-0.05, 0) is 30.4 Å². The first-order chi connectivity index (χ1) is 13.7. The second kappa shape index (κ2) is 8.19. The van der Waals surface area contributed by atoms with Crippen LogP contribution in [0.15, 0.2) is 64.0 Å². The average molecular weight is 394 g/mol. The average Bonchev–Trinajstić information content (AvgIpc) is 3.35. The molecule has 0 spiro atoms. The Labute approximate surface area is 169 Å². The van der Waals surface area contributed by atoms with Gasteiger partial charge in [-0.15, -0.1) is 11.8 Å². The van der Waals surface area contributed by atoms with E-state index < -0.39 is 0 Å². The fourth-order valence-electron chi connectivity index (χ4n) is 3.82. The van der Waals surface area contributed by atoms with Crippen molar-refractivity contribution in [3.05, 3.63) is 77.4 Å². The summed E-state index contributed by atoms with van der Waals surface area (Å²) in [6.45, 7) is 5.13. The standard InChI is InChI=1S/C22H23N3O2S/c1-3-28-20-12-8-7-11-17(20)22(26)25-13-18(16-9-5-4-6-10-16)19(14-25)21-23-15(2)24-27-21/h4-12,18-19H,3,13-14H2,1-2H3/t18-,19+/m0/s1. The normalized spacial score (nSPS) is 19.1. The molecule has 1 fully saturated rings. The summed E-state index contributed by atoms with van der Waals surface area (Å²) in [5, 5.41) is 3.96. The molecule has 0 unspecified atom stereocenters. The topological polar surface area (TPSA) is 59.2 Å². The highest BCUT2D eigenvalue weighted by molar-refractivity contribution is 7.99. The molecule has 4 rings (SSSR count). The number of thioether (sulfide) groups is 1. The summed E-state index contributed by atoms with van der Waals surface area (Å²) in [4.78, 5) is 20.8. The van der Waals surface area contributed by atoms with Crippen molar-refractivity contribution in [3.8, 4) is 0 Å². The summed E-state index contributed by atoms with van der Waals surface area (Å²) in [6, 6.07) is 18.1. The molecule has 3 aromatic rings. The lowest BCUT2D eigenvalue weighted by atomic mass is 9.89. The Morgan fingerprint density at radius 2 is 1.82 bits per heavy atom. The number of aromatic nitrogens is 2. The van der Waals surface area contributed by atoms with E-state index in [1.807, 2.05) is 54.3 Å². The van der Waals surface area contributed by atoms with Crippen molar-refractivity contribution in [3.63, 3.8) is 0 Å². The summed E-state index contributed by atoms with van der Waals surface area (Å²) in [7, 11) is 0. The maximum atomic E-state index is 13.3. The molecule has 0 saturated carbocycles. The molecule has 0 radical (unpaired) electrons. The molecule has 2 aromatic carbocycles. The largest absolute Gasteiger partial charge is 0.339 e. The van der Waals surface area contributed by atoms with E-state index in [4.69, 9.17) is 4.52 Å². The minimum Gasteiger partial charge on any atom is -0.339 e. The molecule has 28 heavy (non-hydrogen) atoms. The lowest BCUT2D eigenvalue weighted by Crippen LogP contribution is -2.29. The van der Waals surface area contributed by atoms with Gasteiger partial charge in [0, 0.05) is 23.9 Å². The Morgan fingerprint density at radius 1 is 1.11 bits per heavy atom. The van der Waals surface area contributed by atoms with E-state index in [1.165, 1.54) is 5.56 Å². The van der Waals surface area contributed by atoms with Crippen molar-refractivity contribution in [2.24, 2.45) is 0 Å². The Balaban J connectivity index is 1.65. The summed E-state index contributed by atoms with van der Waals surface area (Å²) in [5.74, 6) is 2.36. The van der Waals surface area contributed by atoms with Gasteiger partial charge >= 0.3 is 0 Å². The minimum absolute atomic E-state index is 0.00135. The van der Waals surface area contributed by atoms with E-state index in [2.05, 4.69) is 29.2 Å². The first-order valence-corrected chi connectivity index (χ1v) is 10.5. The SMILES string of the molecule is CCSc1ccccc1C(=O)N1C[C@@H](c2ccccc2)[C@H](c2nc(C)no2)C1. The molecule has 144 valence electrons. The molecule has 0 N–H and O–H groups in total. The predicted octanol–water partition coefficient (Wildman–Crippen LogP) is 4.51. The zero-order valence-electron chi connectivity index (χ0n) is 16.0. The molecule has 1 aliphatic heterocycles. The summed E-state index contributed by atoms with van der Waals surface area (Å²) < 4.78 is 5.49. The van der Waals surface area contributed by atoms with Gasteiger partial charge in [0.1, 0.15) is 0 Å². The molecule has 1 saturated heterocycles. The van der Waals surface area contributed by atoms with E-state index in [0.29, 0.717) is 24.8 Å².